The summed E-state index contributed by atoms with van der Waals surface area (Å²) in [5.74, 6) is 1.15. The van der Waals surface area contributed by atoms with Crippen molar-refractivity contribution in [2.45, 2.75) is 34.9 Å². The molecule has 2 aromatic heterocycles. The van der Waals surface area contributed by atoms with Crippen LogP contribution in [0, 0.1) is 0 Å². The van der Waals surface area contributed by atoms with Crippen molar-refractivity contribution in [1.82, 2.24) is 20.2 Å². The number of halogens is 1. The normalized spacial score (nSPS) is 23.5. The second-order valence-corrected chi connectivity index (χ2v) is 10.1. The largest absolute Gasteiger partial charge is 0.497 e. The fourth-order valence-electron chi connectivity index (χ4n) is 4.65. The Bertz CT molecular complexity index is 1210. The molecule has 1 unspecified atom stereocenters. The summed E-state index contributed by atoms with van der Waals surface area (Å²) in [5.41, 5.74) is 1.52. The van der Waals surface area contributed by atoms with Crippen LogP contribution in [0.2, 0.25) is 0 Å². The van der Waals surface area contributed by atoms with Crippen molar-refractivity contribution in [3.8, 4) is 5.75 Å². The van der Waals surface area contributed by atoms with E-state index in [-0.39, 0.29) is 23.7 Å². The number of aliphatic hydroxyl groups excluding tert-OH is 1. The van der Waals surface area contributed by atoms with Gasteiger partial charge in [-0.2, -0.15) is 0 Å². The first-order valence-corrected chi connectivity index (χ1v) is 12.5. The first kappa shape index (κ1) is 23.9. The van der Waals surface area contributed by atoms with Crippen molar-refractivity contribution in [3.05, 3.63) is 54.4 Å². The molecule has 5 rings (SSSR count). The molecule has 0 spiro atoms. The highest BCUT2D eigenvalue weighted by molar-refractivity contribution is 8.01. The standard InChI is InChI=1S/C25H28FN5O3S/c1-34-15-4-5-19-17(11-15)16(6-9-27-19)21(32)14-31-10-7-20(18(26)13-31)29-12-23-25(33)30-24-22(35-23)3-2-8-28-24/h2-6,8-9,11,18,20-21,23,29,32H,7,10,12-14H2,1H3,(H,28,30,33)/t18-,20+,21+,23?/m1/s1. The van der Waals surface area contributed by atoms with Crippen molar-refractivity contribution in [3.63, 3.8) is 0 Å². The van der Waals surface area contributed by atoms with E-state index in [0.717, 1.165) is 21.4 Å². The predicted octanol–water partition coefficient (Wildman–Crippen LogP) is 2.79. The van der Waals surface area contributed by atoms with E-state index >= 15 is 4.39 Å². The van der Waals surface area contributed by atoms with Gasteiger partial charge in [0.1, 0.15) is 23.0 Å². The zero-order chi connectivity index (χ0) is 24.4. The number of thioether (sulfide) groups is 1. The van der Waals surface area contributed by atoms with Gasteiger partial charge in [-0.3, -0.25) is 14.7 Å². The molecule has 4 atom stereocenters. The van der Waals surface area contributed by atoms with Crippen LogP contribution >= 0.6 is 11.8 Å². The van der Waals surface area contributed by atoms with Gasteiger partial charge in [-0.1, -0.05) is 0 Å². The van der Waals surface area contributed by atoms with Crippen LogP contribution in [0.3, 0.4) is 0 Å². The Morgan fingerprint density at radius 2 is 2.20 bits per heavy atom. The molecule has 1 amide bonds. The minimum atomic E-state index is -1.10. The SMILES string of the molecule is COc1ccc2nccc([C@@H](O)CN3CC[C@H](NCC4Sc5cccnc5NC4=O)[C@H](F)C3)c2c1. The molecule has 1 aromatic carbocycles. The molecule has 0 radical (unpaired) electrons. The van der Waals surface area contributed by atoms with Crippen LogP contribution < -0.4 is 15.4 Å². The van der Waals surface area contributed by atoms with Crippen LogP contribution in [0.5, 0.6) is 5.75 Å². The summed E-state index contributed by atoms with van der Waals surface area (Å²) in [5, 5.41) is 17.5. The molecule has 1 fully saturated rings. The molecule has 1 saturated heterocycles. The highest BCUT2D eigenvalue weighted by Crippen LogP contribution is 2.34. The first-order chi connectivity index (χ1) is 17.0. The molecule has 4 heterocycles. The van der Waals surface area contributed by atoms with Crippen LogP contribution in [0.4, 0.5) is 10.2 Å². The summed E-state index contributed by atoms with van der Waals surface area (Å²) >= 11 is 1.45. The number of hydrogen-bond acceptors (Lipinski definition) is 8. The fourth-order valence-corrected chi connectivity index (χ4v) is 5.67. The van der Waals surface area contributed by atoms with E-state index < -0.39 is 12.3 Å². The predicted molar refractivity (Wildman–Crippen MR) is 134 cm³/mol. The molecule has 10 heteroatoms. The number of aliphatic hydroxyl groups is 1. The van der Waals surface area contributed by atoms with E-state index in [9.17, 15) is 9.90 Å². The second kappa shape index (κ2) is 10.4. The number of β-amino-alcohol motifs (C(OH)–C–C–N with tert-alkyl or cyclic N) is 1. The van der Waals surface area contributed by atoms with Gasteiger partial charge in [-0.05, 0) is 54.9 Å². The maximum Gasteiger partial charge on any atom is 0.240 e. The van der Waals surface area contributed by atoms with E-state index in [4.69, 9.17) is 4.74 Å². The highest BCUT2D eigenvalue weighted by atomic mass is 32.2. The van der Waals surface area contributed by atoms with Gasteiger partial charge >= 0.3 is 0 Å². The first-order valence-electron chi connectivity index (χ1n) is 11.6. The van der Waals surface area contributed by atoms with Gasteiger partial charge in [-0.25, -0.2) is 9.37 Å². The molecular weight excluding hydrogens is 469 g/mol. The van der Waals surface area contributed by atoms with E-state index in [1.807, 2.05) is 35.2 Å². The number of pyridine rings is 2. The summed E-state index contributed by atoms with van der Waals surface area (Å²) in [7, 11) is 1.60. The number of methoxy groups -OCH3 is 1. The monoisotopic (exact) mass is 497 g/mol. The molecule has 3 aromatic rings. The summed E-state index contributed by atoms with van der Waals surface area (Å²) in [4.78, 5) is 23.8. The lowest BCUT2D eigenvalue weighted by Crippen LogP contribution is -2.53. The van der Waals surface area contributed by atoms with Crippen molar-refractivity contribution < 1.29 is 19.0 Å². The van der Waals surface area contributed by atoms with Gasteiger partial charge < -0.3 is 20.5 Å². The summed E-state index contributed by atoms with van der Waals surface area (Å²) in [6.45, 7) is 1.58. The third kappa shape index (κ3) is 5.25. The van der Waals surface area contributed by atoms with E-state index in [0.29, 0.717) is 37.6 Å². The number of alkyl halides is 1. The van der Waals surface area contributed by atoms with Gasteiger partial charge in [-0.15, -0.1) is 11.8 Å². The van der Waals surface area contributed by atoms with Gasteiger partial charge in [0.2, 0.25) is 5.91 Å². The van der Waals surface area contributed by atoms with Crippen LogP contribution in [0.15, 0.2) is 53.7 Å². The van der Waals surface area contributed by atoms with E-state index in [2.05, 4.69) is 20.6 Å². The lowest BCUT2D eigenvalue weighted by Gasteiger charge is -2.37. The number of aromatic nitrogens is 2. The third-order valence-electron chi connectivity index (χ3n) is 6.54. The number of hydrogen-bond donors (Lipinski definition) is 3. The smallest absolute Gasteiger partial charge is 0.240 e. The van der Waals surface area contributed by atoms with Crippen LogP contribution in [0.25, 0.3) is 10.9 Å². The molecule has 0 bridgehead atoms. The van der Waals surface area contributed by atoms with Crippen LogP contribution in [-0.4, -0.2) is 76.6 Å². The quantitative estimate of drug-likeness (QED) is 0.458. The summed E-state index contributed by atoms with van der Waals surface area (Å²) < 4.78 is 20.4. The number of piperidine rings is 1. The topological polar surface area (TPSA) is 99.6 Å². The van der Waals surface area contributed by atoms with Crippen LogP contribution in [-0.2, 0) is 4.79 Å². The molecule has 8 nitrogen and oxygen atoms in total. The molecular formula is C25H28FN5O3S. The van der Waals surface area contributed by atoms with Gasteiger partial charge in [0.05, 0.1) is 23.6 Å². The minimum absolute atomic E-state index is 0.120. The Kier molecular flexibility index (Phi) is 7.14. The highest BCUT2D eigenvalue weighted by Gasteiger charge is 2.33. The third-order valence-corrected chi connectivity index (χ3v) is 7.79. The maximum absolute atomic E-state index is 15.1. The Morgan fingerprint density at radius 3 is 3.03 bits per heavy atom. The lowest BCUT2D eigenvalue weighted by atomic mass is 10.00. The molecule has 184 valence electrons. The number of benzene rings is 1. The molecule has 2 aliphatic rings. The Hall–Kier alpha value is -2.79. The second-order valence-electron chi connectivity index (χ2n) is 8.82. The Balaban J connectivity index is 1.16. The summed E-state index contributed by atoms with van der Waals surface area (Å²) in [6, 6.07) is 10.8. The average molecular weight is 498 g/mol. The number of anilines is 1. The molecule has 3 N–H and O–H groups in total. The van der Waals surface area contributed by atoms with Crippen molar-refractivity contribution in [2.24, 2.45) is 0 Å². The number of amides is 1. The van der Waals surface area contributed by atoms with Gasteiger partial charge in [0.15, 0.2) is 0 Å². The number of nitrogens with zero attached hydrogens (tertiary/aromatic N) is 3. The summed E-state index contributed by atoms with van der Waals surface area (Å²) in [6.07, 6.45) is 2.03. The fraction of sp³-hybridized carbons (Fsp3) is 0.400. The number of rotatable bonds is 7. The molecule has 2 aliphatic heterocycles. The zero-order valence-corrected chi connectivity index (χ0v) is 20.2. The molecule has 0 saturated carbocycles. The van der Waals surface area contributed by atoms with E-state index in [1.165, 1.54) is 11.8 Å². The number of carbonyl (C=O) groups excluding carboxylic acids is 1. The average Bonchev–Trinajstić information content (AvgIpc) is 2.87. The maximum atomic E-state index is 15.1. The number of carbonyl (C=O) groups is 1. The number of likely N-dealkylation sites (tertiary alicyclic amines) is 1. The lowest BCUT2D eigenvalue weighted by molar-refractivity contribution is -0.115. The van der Waals surface area contributed by atoms with Gasteiger partial charge in [0.25, 0.3) is 0 Å². The minimum Gasteiger partial charge on any atom is -0.497 e. The van der Waals surface area contributed by atoms with E-state index in [1.54, 1.807) is 25.6 Å². The number of nitrogens with one attached hydrogen (secondary N) is 2. The van der Waals surface area contributed by atoms with Crippen molar-refractivity contribution in [2.75, 3.05) is 38.6 Å². The molecule has 0 aliphatic carbocycles. The van der Waals surface area contributed by atoms with Gasteiger partial charge in [0, 0.05) is 43.5 Å². The Morgan fingerprint density at radius 1 is 1.31 bits per heavy atom. The van der Waals surface area contributed by atoms with Crippen LogP contribution in [0.1, 0.15) is 18.1 Å². The number of ether oxygens (including phenoxy) is 1. The zero-order valence-electron chi connectivity index (χ0n) is 19.4. The molecule has 35 heavy (non-hydrogen) atoms. The van der Waals surface area contributed by atoms with Crippen molar-refractivity contribution in [1.29, 1.82) is 0 Å². The van der Waals surface area contributed by atoms with Crippen molar-refractivity contribution >= 4 is 34.4 Å². The Labute approximate surface area is 207 Å². The number of fused-ring (bicyclic) bond motifs is 2.